The van der Waals surface area contributed by atoms with Gasteiger partial charge >= 0.3 is 5.91 Å². The molecular formula is C10H17ClN2O3. The minimum absolute atomic E-state index is 0. The molecule has 1 N–H and O–H groups in total. The van der Waals surface area contributed by atoms with Gasteiger partial charge < -0.3 is 21.9 Å². The van der Waals surface area contributed by atoms with Gasteiger partial charge in [-0.05, 0) is 7.05 Å². The first kappa shape index (κ1) is 13.3. The van der Waals surface area contributed by atoms with Gasteiger partial charge in [-0.2, -0.15) is 0 Å². The zero-order valence-corrected chi connectivity index (χ0v) is 10.1. The van der Waals surface area contributed by atoms with Gasteiger partial charge in [-0.3, -0.25) is 9.80 Å². The fraction of sp³-hybridized carbons (Fsp3) is 0.700. The molecule has 92 valence electrons. The van der Waals surface area contributed by atoms with Crippen LogP contribution in [0.2, 0.25) is 0 Å². The van der Waals surface area contributed by atoms with Crippen LogP contribution in [0.4, 0.5) is 0 Å². The van der Waals surface area contributed by atoms with Crippen LogP contribution < -0.4 is 17.3 Å². The lowest BCUT2D eigenvalue weighted by Crippen LogP contribution is -3.17. The maximum atomic E-state index is 11.9. The average Bonchev–Trinajstić information content (AvgIpc) is 2.30. The van der Waals surface area contributed by atoms with Gasteiger partial charge in [0.05, 0.1) is 13.1 Å². The van der Waals surface area contributed by atoms with E-state index in [1.807, 2.05) is 0 Å². The van der Waals surface area contributed by atoms with Crippen LogP contribution in [-0.4, -0.2) is 57.2 Å². The molecule has 1 amide bonds. The number of ether oxygens (including phenoxy) is 2. The summed E-state index contributed by atoms with van der Waals surface area (Å²) in [6.45, 7) is 4.61. The molecule has 0 bridgehead atoms. The Morgan fingerprint density at radius 2 is 2.06 bits per heavy atom. The number of halogens is 1. The third-order valence-corrected chi connectivity index (χ3v) is 2.78. The largest absolute Gasteiger partial charge is 1.00 e. The summed E-state index contributed by atoms with van der Waals surface area (Å²) in [6.07, 6.45) is 1.44. The number of nitrogens with zero attached hydrogens (tertiary/aromatic N) is 1. The summed E-state index contributed by atoms with van der Waals surface area (Å²) in [7, 11) is 2.07. The van der Waals surface area contributed by atoms with Gasteiger partial charge in [-0.15, -0.1) is 0 Å². The smallest absolute Gasteiger partial charge is 0.382 e. The predicted octanol–water partition coefficient (Wildman–Crippen LogP) is -4.76. The van der Waals surface area contributed by atoms with E-state index in [9.17, 15) is 4.79 Å². The molecule has 2 aliphatic rings. The fourth-order valence-corrected chi connectivity index (χ4v) is 1.78. The molecule has 0 aromatic carbocycles. The number of quaternary nitrogens is 1. The van der Waals surface area contributed by atoms with Gasteiger partial charge in [-0.25, -0.2) is 4.79 Å². The summed E-state index contributed by atoms with van der Waals surface area (Å²) in [5, 5.41) is 0. The number of likely N-dealkylation sites (N-methyl/N-ethyl adjacent to an activating group) is 1. The van der Waals surface area contributed by atoms with Crippen LogP contribution in [-0.2, 0) is 14.3 Å². The molecule has 0 aliphatic carbocycles. The normalized spacial score (nSPS) is 22.4. The second-order valence-corrected chi connectivity index (χ2v) is 3.94. The van der Waals surface area contributed by atoms with Crippen molar-refractivity contribution < 1.29 is 31.6 Å². The number of hydrogen-bond donors (Lipinski definition) is 1. The molecule has 2 rings (SSSR count). The van der Waals surface area contributed by atoms with Gasteiger partial charge in [0.25, 0.3) is 5.76 Å². The summed E-state index contributed by atoms with van der Waals surface area (Å²) in [4.78, 5) is 15.1. The Kier molecular flexibility index (Phi) is 5.05. The van der Waals surface area contributed by atoms with Crippen molar-refractivity contribution in [2.45, 2.75) is 0 Å². The van der Waals surface area contributed by atoms with Gasteiger partial charge in [0.15, 0.2) is 0 Å². The third-order valence-electron chi connectivity index (χ3n) is 2.78. The van der Waals surface area contributed by atoms with E-state index in [0.717, 1.165) is 31.1 Å². The number of amides is 1. The highest BCUT2D eigenvalue weighted by molar-refractivity contribution is 5.83. The van der Waals surface area contributed by atoms with Crippen molar-refractivity contribution in [2.75, 3.05) is 46.4 Å². The fourth-order valence-electron chi connectivity index (χ4n) is 1.78. The van der Waals surface area contributed by atoms with Crippen LogP contribution in [0.5, 0.6) is 0 Å². The predicted molar refractivity (Wildman–Crippen MR) is 53.2 cm³/mol. The van der Waals surface area contributed by atoms with E-state index in [1.165, 1.54) is 6.26 Å². The molecule has 16 heavy (non-hydrogen) atoms. The number of carbonyl (C=O) groups is 1. The summed E-state index contributed by atoms with van der Waals surface area (Å²) in [5.41, 5.74) is 0. The van der Waals surface area contributed by atoms with E-state index < -0.39 is 0 Å². The summed E-state index contributed by atoms with van der Waals surface area (Å²) >= 11 is 0. The lowest BCUT2D eigenvalue weighted by Gasteiger charge is -2.28. The highest BCUT2D eigenvalue weighted by Crippen LogP contribution is 2.02. The molecule has 2 heterocycles. The van der Waals surface area contributed by atoms with E-state index >= 15 is 0 Å². The van der Waals surface area contributed by atoms with Crippen LogP contribution in [0.25, 0.3) is 0 Å². The second kappa shape index (κ2) is 6.08. The van der Waals surface area contributed by atoms with Gasteiger partial charge in [-0.1, -0.05) is 0 Å². The maximum Gasteiger partial charge on any atom is 0.382 e. The number of rotatable bonds is 1. The van der Waals surface area contributed by atoms with E-state index in [4.69, 9.17) is 9.47 Å². The van der Waals surface area contributed by atoms with Crippen molar-refractivity contribution >= 4 is 5.91 Å². The second-order valence-electron chi connectivity index (χ2n) is 3.94. The Labute approximate surface area is 101 Å². The quantitative estimate of drug-likeness (QED) is 0.506. The Balaban J connectivity index is 0.00000128. The molecule has 0 atom stereocenters. The van der Waals surface area contributed by atoms with Crippen LogP contribution >= 0.6 is 0 Å². The monoisotopic (exact) mass is 248 g/mol. The Hall–Kier alpha value is -0.780. The van der Waals surface area contributed by atoms with Crippen molar-refractivity contribution in [3.63, 3.8) is 0 Å². The molecule has 1 fully saturated rings. The topological polar surface area (TPSA) is 43.2 Å². The van der Waals surface area contributed by atoms with Crippen molar-refractivity contribution in [1.29, 1.82) is 0 Å². The summed E-state index contributed by atoms with van der Waals surface area (Å²) in [5.74, 6) is 0.406. The standard InChI is InChI=1S/C10H16N2O3.ClH/c1-11-2-4-12(5-3-11)10(13)9-8-14-6-7-15-9;/h8H,2-7H2,1H3;1H. The SMILES string of the molecule is CN1CC[NH+](C(=O)C2=COCCO2)CC1.[Cl-]. The van der Waals surface area contributed by atoms with Crippen LogP contribution in [0.1, 0.15) is 0 Å². The maximum absolute atomic E-state index is 11.9. The van der Waals surface area contributed by atoms with Gasteiger partial charge in [0.2, 0.25) is 0 Å². The van der Waals surface area contributed by atoms with E-state index in [2.05, 4.69) is 11.9 Å². The lowest BCUT2D eigenvalue weighted by atomic mass is 10.3. The van der Waals surface area contributed by atoms with Crippen molar-refractivity contribution in [2.24, 2.45) is 0 Å². The highest BCUT2D eigenvalue weighted by atomic mass is 35.5. The third kappa shape index (κ3) is 3.10. The first-order chi connectivity index (χ1) is 7.27. The summed E-state index contributed by atoms with van der Waals surface area (Å²) < 4.78 is 10.4. The van der Waals surface area contributed by atoms with E-state index in [-0.39, 0.29) is 18.3 Å². The Morgan fingerprint density at radius 3 is 2.62 bits per heavy atom. The number of carbonyl (C=O) groups excluding carboxylic acids is 1. The van der Waals surface area contributed by atoms with Crippen LogP contribution in [0.3, 0.4) is 0 Å². The Morgan fingerprint density at radius 1 is 1.38 bits per heavy atom. The number of hydrogen-bond acceptors (Lipinski definition) is 4. The van der Waals surface area contributed by atoms with Crippen molar-refractivity contribution in [3.05, 3.63) is 12.0 Å². The number of piperazine rings is 1. The molecule has 2 aliphatic heterocycles. The average molecular weight is 249 g/mol. The Bertz CT molecular complexity index is 275. The highest BCUT2D eigenvalue weighted by Gasteiger charge is 2.29. The van der Waals surface area contributed by atoms with Gasteiger partial charge in [0, 0.05) is 13.1 Å². The van der Waals surface area contributed by atoms with Crippen LogP contribution in [0, 0.1) is 0 Å². The molecule has 6 heteroatoms. The first-order valence-corrected chi connectivity index (χ1v) is 5.30. The molecule has 0 saturated carbocycles. The van der Waals surface area contributed by atoms with E-state index in [0.29, 0.717) is 19.0 Å². The molecule has 0 spiro atoms. The molecular weight excluding hydrogens is 232 g/mol. The minimum Gasteiger partial charge on any atom is -1.00 e. The van der Waals surface area contributed by atoms with Gasteiger partial charge in [0.1, 0.15) is 19.5 Å². The summed E-state index contributed by atoms with van der Waals surface area (Å²) in [6, 6.07) is 0. The van der Waals surface area contributed by atoms with Crippen molar-refractivity contribution in [3.8, 4) is 0 Å². The van der Waals surface area contributed by atoms with Crippen LogP contribution in [0.15, 0.2) is 12.0 Å². The molecule has 0 unspecified atom stereocenters. The zero-order valence-electron chi connectivity index (χ0n) is 9.37. The molecule has 1 saturated heterocycles. The minimum atomic E-state index is 0. The number of nitrogens with one attached hydrogen (secondary N) is 1. The molecule has 0 aromatic heterocycles. The molecule has 0 radical (unpaired) electrons. The zero-order chi connectivity index (χ0) is 10.7. The molecule has 5 nitrogen and oxygen atoms in total. The molecule has 0 aromatic rings. The van der Waals surface area contributed by atoms with Crippen molar-refractivity contribution in [1.82, 2.24) is 4.90 Å². The van der Waals surface area contributed by atoms with E-state index in [1.54, 1.807) is 0 Å². The first-order valence-electron chi connectivity index (χ1n) is 5.30. The lowest BCUT2D eigenvalue weighted by molar-refractivity contribution is -0.824.